The molecule has 23 heavy (non-hydrogen) atoms. The third kappa shape index (κ3) is 2.31. The molecule has 2 aromatic rings. The molecule has 1 fully saturated rings. The van der Waals surface area contributed by atoms with Gasteiger partial charge in [0, 0.05) is 6.20 Å². The van der Waals surface area contributed by atoms with Gasteiger partial charge in [-0.1, -0.05) is 0 Å². The topological polar surface area (TPSA) is 45.2 Å². The van der Waals surface area contributed by atoms with E-state index in [0.717, 1.165) is 30.0 Å². The van der Waals surface area contributed by atoms with Crippen molar-refractivity contribution in [1.29, 1.82) is 0 Å². The molecule has 0 aliphatic carbocycles. The fraction of sp³-hybridized carbons (Fsp3) is 0.294. The molecule has 2 aliphatic rings. The van der Waals surface area contributed by atoms with Crippen LogP contribution in [-0.4, -0.2) is 24.0 Å². The van der Waals surface area contributed by atoms with E-state index in [1.165, 1.54) is 12.1 Å². The summed E-state index contributed by atoms with van der Waals surface area (Å²) in [6.07, 6.45) is 4.74. The predicted molar refractivity (Wildman–Crippen MR) is 88.8 cm³/mol. The van der Waals surface area contributed by atoms with E-state index in [1.807, 2.05) is 6.07 Å². The van der Waals surface area contributed by atoms with E-state index in [9.17, 15) is 9.18 Å². The molecule has 4 rings (SSSR count). The summed E-state index contributed by atoms with van der Waals surface area (Å²) in [5.41, 5.74) is 1.71. The average molecular weight is 334 g/mol. The quantitative estimate of drug-likeness (QED) is 0.872. The van der Waals surface area contributed by atoms with Crippen molar-refractivity contribution in [2.24, 2.45) is 0 Å². The molecular weight excluding hydrogens is 317 g/mol. The van der Waals surface area contributed by atoms with Crippen molar-refractivity contribution in [2.75, 3.05) is 18.0 Å². The van der Waals surface area contributed by atoms with Gasteiger partial charge in [0.1, 0.15) is 5.82 Å². The van der Waals surface area contributed by atoms with Gasteiger partial charge < -0.3 is 5.32 Å². The summed E-state index contributed by atoms with van der Waals surface area (Å²) in [5.74, 6) is -0.264. The second-order valence-corrected chi connectivity index (χ2v) is 5.85. The summed E-state index contributed by atoms with van der Waals surface area (Å²) in [4.78, 5) is 19.0. The van der Waals surface area contributed by atoms with Gasteiger partial charge in [0.2, 0.25) is 5.91 Å². The molecule has 1 saturated heterocycles. The molecular formula is C17H17ClFN3O. The Kier molecular flexibility index (Phi) is 4.08. The number of amides is 1. The van der Waals surface area contributed by atoms with E-state index in [-0.39, 0.29) is 24.1 Å². The summed E-state index contributed by atoms with van der Waals surface area (Å²) in [5, 5.41) is 3.28. The SMILES string of the molecule is Cl.O=C1N(c2cccnc2)c2ccc(F)cc2C12CCNCC2. The van der Waals surface area contributed by atoms with Gasteiger partial charge in [0.15, 0.2) is 0 Å². The van der Waals surface area contributed by atoms with E-state index < -0.39 is 5.41 Å². The zero-order valence-electron chi connectivity index (χ0n) is 12.5. The lowest BCUT2D eigenvalue weighted by molar-refractivity contribution is -0.123. The summed E-state index contributed by atoms with van der Waals surface area (Å²) in [6, 6.07) is 8.30. The number of fused-ring (bicyclic) bond motifs is 2. The van der Waals surface area contributed by atoms with Gasteiger partial charge in [-0.15, -0.1) is 12.4 Å². The monoisotopic (exact) mass is 333 g/mol. The average Bonchev–Trinajstić information content (AvgIpc) is 2.78. The Labute approximate surface area is 140 Å². The maximum Gasteiger partial charge on any atom is 0.242 e. The van der Waals surface area contributed by atoms with Crippen LogP contribution in [-0.2, 0) is 10.2 Å². The molecule has 1 amide bonds. The molecule has 0 saturated carbocycles. The van der Waals surface area contributed by atoms with Crippen LogP contribution in [0.4, 0.5) is 15.8 Å². The standard InChI is InChI=1S/C17H16FN3O.ClH/c18-12-3-4-15-14(10-12)17(5-8-19-9-6-17)16(22)21(15)13-2-1-7-20-11-13;/h1-4,7,10-11,19H,5-6,8-9H2;1H. The number of aromatic nitrogens is 1. The van der Waals surface area contributed by atoms with Crippen LogP contribution in [0, 0.1) is 5.82 Å². The van der Waals surface area contributed by atoms with Gasteiger partial charge in [0.05, 0.1) is 23.0 Å². The number of anilines is 2. The summed E-state index contributed by atoms with van der Waals surface area (Å²) in [6.45, 7) is 1.53. The highest BCUT2D eigenvalue weighted by Gasteiger charge is 2.51. The molecule has 0 unspecified atom stereocenters. The second kappa shape index (κ2) is 5.91. The zero-order valence-corrected chi connectivity index (χ0v) is 13.3. The van der Waals surface area contributed by atoms with Crippen molar-refractivity contribution < 1.29 is 9.18 Å². The molecule has 0 bridgehead atoms. The molecule has 1 spiro atoms. The number of piperidine rings is 1. The first-order chi connectivity index (χ1) is 10.7. The van der Waals surface area contributed by atoms with Crippen LogP contribution in [0.25, 0.3) is 0 Å². The zero-order chi connectivity index (χ0) is 15.2. The third-order valence-corrected chi connectivity index (χ3v) is 4.69. The number of halogens is 2. The number of carbonyl (C=O) groups is 1. The van der Waals surface area contributed by atoms with Gasteiger partial charge in [-0.3, -0.25) is 14.7 Å². The maximum absolute atomic E-state index is 13.8. The van der Waals surface area contributed by atoms with Crippen LogP contribution in [0.15, 0.2) is 42.7 Å². The largest absolute Gasteiger partial charge is 0.317 e. The van der Waals surface area contributed by atoms with Crippen molar-refractivity contribution in [1.82, 2.24) is 10.3 Å². The summed E-state index contributed by atoms with van der Waals surface area (Å²) < 4.78 is 13.8. The number of pyridine rings is 1. The van der Waals surface area contributed by atoms with Crippen molar-refractivity contribution in [3.63, 3.8) is 0 Å². The number of nitrogens with zero attached hydrogens (tertiary/aromatic N) is 2. The summed E-state index contributed by atoms with van der Waals surface area (Å²) >= 11 is 0. The predicted octanol–water partition coefficient (Wildman–Crippen LogP) is 2.94. The number of hydrogen-bond donors (Lipinski definition) is 1. The van der Waals surface area contributed by atoms with Crippen LogP contribution in [0.3, 0.4) is 0 Å². The van der Waals surface area contributed by atoms with Crippen LogP contribution in [0.2, 0.25) is 0 Å². The molecule has 4 nitrogen and oxygen atoms in total. The normalized spacial score (nSPS) is 18.7. The van der Waals surface area contributed by atoms with E-state index >= 15 is 0 Å². The molecule has 120 valence electrons. The number of benzene rings is 1. The van der Waals surface area contributed by atoms with Crippen molar-refractivity contribution >= 4 is 29.7 Å². The molecule has 1 aromatic carbocycles. The van der Waals surface area contributed by atoms with Crippen LogP contribution < -0.4 is 10.2 Å². The van der Waals surface area contributed by atoms with Crippen LogP contribution >= 0.6 is 12.4 Å². The number of rotatable bonds is 1. The first-order valence-corrected chi connectivity index (χ1v) is 7.48. The van der Waals surface area contributed by atoms with E-state index in [0.29, 0.717) is 12.8 Å². The fourth-order valence-electron chi connectivity index (χ4n) is 3.60. The first-order valence-electron chi connectivity index (χ1n) is 7.48. The first kappa shape index (κ1) is 15.9. The second-order valence-electron chi connectivity index (χ2n) is 5.85. The lowest BCUT2D eigenvalue weighted by Gasteiger charge is -2.33. The highest BCUT2D eigenvalue weighted by Crippen LogP contribution is 2.49. The number of nitrogens with one attached hydrogen (secondary N) is 1. The minimum atomic E-state index is -0.613. The third-order valence-electron chi connectivity index (χ3n) is 4.69. The van der Waals surface area contributed by atoms with Gasteiger partial charge in [-0.25, -0.2) is 4.39 Å². The van der Waals surface area contributed by atoms with Crippen LogP contribution in [0.5, 0.6) is 0 Å². The Morgan fingerprint density at radius 1 is 1.22 bits per heavy atom. The van der Waals surface area contributed by atoms with Crippen LogP contribution in [0.1, 0.15) is 18.4 Å². The van der Waals surface area contributed by atoms with Gasteiger partial charge in [-0.2, -0.15) is 0 Å². The Bertz CT molecular complexity index is 732. The van der Waals surface area contributed by atoms with Crippen molar-refractivity contribution in [3.8, 4) is 0 Å². The fourth-order valence-corrected chi connectivity index (χ4v) is 3.60. The molecule has 3 heterocycles. The molecule has 2 aliphatic heterocycles. The lowest BCUT2D eigenvalue weighted by atomic mass is 9.74. The van der Waals surface area contributed by atoms with Crippen molar-refractivity contribution in [3.05, 3.63) is 54.1 Å². The highest BCUT2D eigenvalue weighted by atomic mass is 35.5. The van der Waals surface area contributed by atoms with Crippen molar-refractivity contribution in [2.45, 2.75) is 18.3 Å². The van der Waals surface area contributed by atoms with Gasteiger partial charge >= 0.3 is 0 Å². The highest BCUT2D eigenvalue weighted by molar-refractivity contribution is 6.13. The van der Waals surface area contributed by atoms with Gasteiger partial charge in [0.25, 0.3) is 0 Å². The molecule has 0 radical (unpaired) electrons. The smallest absolute Gasteiger partial charge is 0.242 e. The Balaban J connectivity index is 0.00000156. The minimum absolute atomic E-state index is 0. The molecule has 1 aromatic heterocycles. The Morgan fingerprint density at radius 3 is 2.70 bits per heavy atom. The van der Waals surface area contributed by atoms with E-state index in [1.54, 1.807) is 29.4 Å². The van der Waals surface area contributed by atoms with E-state index in [2.05, 4.69) is 10.3 Å². The molecule has 1 N–H and O–H groups in total. The van der Waals surface area contributed by atoms with Gasteiger partial charge in [-0.05, 0) is 61.8 Å². The minimum Gasteiger partial charge on any atom is -0.317 e. The molecule has 6 heteroatoms. The summed E-state index contributed by atoms with van der Waals surface area (Å²) in [7, 11) is 0. The number of hydrogen-bond acceptors (Lipinski definition) is 3. The van der Waals surface area contributed by atoms with E-state index in [4.69, 9.17) is 0 Å². The Morgan fingerprint density at radius 2 is 2.00 bits per heavy atom. The Hall–Kier alpha value is -1.98. The lowest BCUT2D eigenvalue weighted by Crippen LogP contribution is -2.46. The number of carbonyl (C=O) groups excluding carboxylic acids is 1. The maximum atomic E-state index is 13.8. The molecule has 0 atom stereocenters.